The van der Waals surface area contributed by atoms with E-state index in [2.05, 4.69) is 39.6 Å². The molecule has 0 aliphatic rings. The van der Waals surface area contributed by atoms with Gasteiger partial charge in [-0.3, -0.25) is 10.1 Å². The first-order valence-corrected chi connectivity index (χ1v) is 8.19. The second-order valence-electron chi connectivity index (χ2n) is 5.33. The Hall–Kier alpha value is -1.65. The van der Waals surface area contributed by atoms with Crippen molar-refractivity contribution >= 4 is 21.8 Å². The first kappa shape index (κ1) is 16.7. The van der Waals surface area contributed by atoms with Crippen LogP contribution in [0.5, 0.6) is 0 Å². The lowest BCUT2D eigenvalue weighted by Gasteiger charge is -2.21. The van der Waals surface area contributed by atoms with Gasteiger partial charge in [-0.05, 0) is 31.0 Å². The van der Waals surface area contributed by atoms with Gasteiger partial charge in [-0.25, -0.2) is 0 Å². The van der Waals surface area contributed by atoms with Crippen LogP contribution >= 0.6 is 15.9 Å². The Kier molecular flexibility index (Phi) is 6.16. The maximum atomic E-state index is 12.2. The molecule has 0 saturated carbocycles. The normalized spacial score (nSPS) is 13.4. The van der Waals surface area contributed by atoms with Gasteiger partial charge in [-0.2, -0.15) is 0 Å². The summed E-state index contributed by atoms with van der Waals surface area (Å²) in [5.41, 5.74) is 2.24. The molecule has 0 aliphatic carbocycles. The Morgan fingerprint density at radius 2 is 1.68 bits per heavy atom. The molecule has 2 rings (SSSR count). The molecule has 0 fully saturated rings. The Bertz CT molecular complexity index is 615. The fourth-order valence-electron chi connectivity index (χ4n) is 2.30. The summed E-state index contributed by atoms with van der Waals surface area (Å²) in [4.78, 5) is 12.2. The number of hydrogen-bond donors (Lipinski definition) is 2. The van der Waals surface area contributed by atoms with Crippen molar-refractivity contribution in [3.8, 4) is 0 Å². The minimum Gasteiger partial charge on any atom is -0.351 e. The van der Waals surface area contributed by atoms with Crippen molar-refractivity contribution in [3.05, 3.63) is 70.2 Å². The highest BCUT2D eigenvalue weighted by Crippen LogP contribution is 2.22. The predicted octanol–water partition coefficient (Wildman–Crippen LogP) is 3.80. The lowest BCUT2D eigenvalue weighted by atomic mass is 10.1. The number of amides is 1. The van der Waals surface area contributed by atoms with Gasteiger partial charge >= 0.3 is 0 Å². The third-order valence-corrected chi connectivity index (χ3v) is 4.30. The molecule has 116 valence electrons. The molecule has 0 spiro atoms. The van der Waals surface area contributed by atoms with Crippen molar-refractivity contribution in [1.29, 1.82) is 0 Å². The third kappa shape index (κ3) is 4.68. The first-order valence-electron chi connectivity index (χ1n) is 7.40. The molecular weight excluding hydrogens is 340 g/mol. The van der Waals surface area contributed by atoms with Gasteiger partial charge in [0.05, 0.1) is 6.04 Å². The SMILES string of the molecule is C[C@H](N[C@H](C)c1ccccc1Br)C(=O)NCc1ccccc1. The largest absolute Gasteiger partial charge is 0.351 e. The van der Waals surface area contributed by atoms with E-state index in [1.165, 1.54) is 0 Å². The van der Waals surface area contributed by atoms with Gasteiger partial charge in [0, 0.05) is 17.1 Å². The lowest BCUT2D eigenvalue weighted by Crippen LogP contribution is -2.42. The van der Waals surface area contributed by atoms with E-state index < -0.39 is 0 Å². The van der Waals surface area contributed by atoms with Crippen molar-refractivity contribution in [2.75, 3.05) is 0 Å². The van der Waals surface area contributed by atoms with Gasteiger partial charge in [0.25, 0.3) is 0 Å². The summed E-state index contributed by atoms with van der Waals surface area (Å²) in [6.07, 6.45) is 0. The highest BCUT2D eigenvalue weighted by molar-refractivity contribution is 9.10. The molecule has 0 bridgehead atoms. The summed E-state index contributed by atoms with van der Waals surface area (Å²) >= 11 is 3.54. The zero-order valence-electron chi connectivity index (χ0n) is 12.8. The lowest BCUT2D eigenvalue weighted by molar-refractivity contribution is -0.123. The van der Waals surface area contributed by atoms with Crippen LogP contribution in [0.15, 0.2) is 59.1 Å². The molecule has 4 heteroatoms. The van der Waals surface area contributed by atoms with Gasteiger partial charge in [0.2, 0.25) is 5.91 Å². The summed E-state index contributed by atoms with van der Waals surface area (Å²) in [5.74, 6) is 0.00255. The van der Waals surface area contributed by atoms with Crippen LogP contribution in [0.4, 0.5) is 0 Å². The quantitative estimate of drug-likeness (QED) is 0.822. The van der Waals surface area contributed by atoms with E-state index in [1.807, 2.05) is 55.5 Å². The summed E-state index contributed by atoms with van der Waals surface area (Å²) in [7, 11) is 0. The maximum Gasteiger partial charge on any atom is 0.237 e. The molecule has 0 saturated heterocycles. The van der Waals surface area contributed by atoms with E-state index in [1.54, 1.807) is 0 Å². The Morgan fingerprint density at radius 3 is 2.36 bits per heavy atom. The van der Waals surface area contributed by atoms with E-state index in [4.69, 9.17) is 0 Å². The number of hydrogen-bond acceptors (Lipinski definition) is 2. The highest BCUT2D eigenvalue weighted by Gasteiger charge is 2.17. The molecule has 0 unspecified atom stereocenters. The van der Waals surface area contributed by atoms with Crippen LogP contribution in [-0.2, 0) is 11.3 Å². The first-order chi connectivity index (χ1) is 10.6. The van der Waals surface area contributed by atoms with Crippen molar-refractivity contribution in [3.63, 3.8) is 0 Å². The summed E-state index contributed by atoms with van der Waals surface area (Å²) in [6.45, 7) is 4.49. The monoisotopic (exact) mass is 360 g/mol. The second kappa shape index (κ2) is 8.11. The van der Waals surface area contributed by atoms with E-state index in [-0.39, 0.29) is 18.0 Å². The molecule has 1 amide bonds. The molecule has 2 N–H and O–H groups in total. The fourth-order valence-corrected chi connectivity index (χ4v) is 2.93. The third-order valence-electron chi connectivity index (χ3n) is 3.57. The minimum absolute atomic E-state index is 0.00255. The zero-order chi connectivity index (χ0) is 15.9. The predicted molar refractivity (Wildman–Crippen MR) is 93.4 cm³/mol. The van der Waals surface area contributed by atoms with E-state index >= 15 is 0 Å². The Labute approximate surface area is 140 Å². The average Bonchev–Trinajstić information content (AvgIpc) is 2.53. The molecule has 0 heterocycles. The summed E-state index contributed by atoms with van der Waals surface area (Å²) in [6, 6.07) is 17.8. The van der Waals surface area contributed by atoms with Gasteiger partial charge < -0.3 is 5.32 Å². The van der Waals surface area contributed by atoms with E-state index in [0.717, 1.165) is 15.6 Å². The standard InChI is InChI=1S/C18H21BrN2O/c1-13(16-10-6-7-11-17(16)19)21-14(2)18(22)20-12-15-8-4-3-5-9-15/h3-11,13-14,21H,12H2,1-2H3,(H,20,22)/t13-,14+/m1/s1. The smallest absolute Gasteiger partial charge is 0.237 e. The average molecular weight is 361 g/mol. The van der Waals surface area contributed by atoms with Crippen LogP contribution in [0.1, 0.15) is 31.0 Å². The number of halogens is 1. The molecular formula is C18H21BrN2O. The summed E-state index contributed by atoms with van der Waals surface area (Å²) in [5, 5.41) is 6.29. The van der Waals surface area contributed by atoms with Gasteiger partial charge in [-0.15, -0.1) is 0 Å². The van der Waals surface area contributed by atoms with Gasteiger partial charge in [-0.1, -0.05) is 64.5 Å². The molecule has 22 heavy (non-hydrogen) atoms. The number of benzene rings is 2. The molecule has 3 nitrogen and oxygen atoms in total. The van der Waals surface area contributed by atoms with Crippen molar-refractivity contribution < 1.29 is 4.79 Å². The number of carbonyl (C=O) groups is 1. The van der Waals surface area contributed by atoms with Crippen LogP contribution in [-0.4, -0.2) is 11.9 Å². The number of rotatable bonds is 6. The van der Waals surface area contributed by atoms with E-state index in [0.29, 0.717) is 6.54 Å². The summed E-state index contributed by atoms with van der Waals surface area (Å²) < 4.78 is 1.05. The Morgan fingerprint density at radius 1 is 1.05 bits per heavy atom. The maximum absolute atomic E-state index is 12.2. The van der Waals surface area contributed by atoms with Crippen molar-refractivity contribution in [1.82, 2.24) is 10.6 Å². The molecule has 2 atom stereocenters. The van der Waals surface area contributed by atoms with Crippen molar-refractivity contribution in [2.24, 2.45) is 0 Å². The topological polar surface area (TPSA) is 41.1 Å². The highest BCUT2D eigenvalue weighted by atomic mass is 79.9. The van der Waals surface area contributed by atoms with E-state index in [9.17, 15) is 4.79 Å². The van der Waals surface area contributed by atoms with Crippen LogP contribution in [0.3, 0.4) is 0 Å². The van der Waals surface area contributed by atoms with Crippen LogP contribution in [0, 0.1) is 0 Å². The number of carbonyl (C=O) groups excluding carboxylic acids is 1. The minimum atomic E-state index is -0.259. The van der Waals surface area contributed by atoms with Crippen LogP contribution in [0.2, 0.25) is 0 Å². The molecule has 2 aromatic rings. The fraction of sp³-hybridized carbons (Fsp3) is 0.278. The molecule has 0 aliphatic heterocycles. The Balaban J connectivity index is 1.87. The van der Waals surface area contributed by atoms with Crippen molar-refractivity contribution in [2.45, 2.75) is 32.5 Å². The van der Waals surface area contributed by atoms with Gasteiger partial charge in [0.1, 0.15) is 0 Å². The van der Waals surface area contributed by atoms with Crippen LogP contribution < -0.4 is 10.6 Å². The molecule has 0 radical (unpaired) electrons. The van der Waals surface area contributed by atoms with Gasteiger partial charge in [0.15, 0.2) is 0 Å². The molecule has 2 aromatic carbocycles. The molecule has 0 aromatic heterocycles. The number of nitrogens with one attached hydrogen (secondary N) is 2. The van der Waals surface area contributed by atoms with Crippen LogP contribution in [0.25, 0.3) is 0 Å². The second-order valence-corrected chi connectivity index (χ2v) is 6.19. The zero-order valence-corrected chi connectivity index (χ0v) is 14.4.